The molecule has 0 aromatic heterocycles. The lowest BCUT2D eigenvalue weighted by Crippen LogP contribution is -2.33. The highest BCUT2D eigenvalue weighted by Crippen LogP contribution is 2.37. The zero-order valence-corrected chi connectivity index (χ0v) is 13.1. The van der Waals surface area contributed by atoms with Crippen LogP contribution >= 0.6 is 12.4 Å². The maximum absolute atomic E-state index is 13.8. The van der Waals surface area contributed by atoms with Crippen molar-refractivity contribution < 1.29 is 22.4 Å². The van der Waals surface area contributed by atoms with Gasteiger partial charge in [-0.2, -0.15) is 13.2 Å². The molecule has 1 aromatic rings. The number of hydrogen-bond acceptors (Lipinski definition) is 2. The van der Waals surface area contributed by atoms with Gasteiger partial charge >= 0.3 is 6.18 Å². The maximum Gasteiger partial charge on any atom is 0.416 e. The Morgan fingerprint density at radius 2 is 2.00 bits per heavy atom. The van der Waals surface area contributed by atoms with Crippen molar-refractivity contribution in [1.82, 2.24) is 10.2 Å². The standard InChI is InChI=1S/C15H16F4N2O.ClH/c16-12-2-1-10(15(17,18)19)7-11(12)13(22)21-6-4-14(9-21)3-5-20-8-14;/h1-2,7,20H,3-6,8-9H2;1H. The zero-order chi connectivity index (χ0) is 16.0. The van der Waals surface area contributed by atoms with Crippen LogP contribution in [0, 0.1) is 11.2 Å². The Labute approximate surface area is 137 Å². The Morgan fingerprint density at radius 1 is 1.26 bits per heavy atom. The molecule has 1 atom stereocenters. The summed E-state index contributed by atoms with van der Waals surface area (Å²) < 4.78 is 52.0. The number of likely N-dealkylation sites (tertiary alicyclic amines) is 1. The van der Waals surface area contributed by atoms with E-state index in [0.717, 1.165) is 25.9 Å². The third-order valence-electron chi connectivity index (χ3n) is 4.58. The van der Waals surface area contributed by atoms with Crippen molar-refractivity contribution in [2.75, 3.05) is 26.2 Å². The minimum Gasteiger partial charge on any atom is -0.338 e. The van der Waals surface area contributed by atoms with E-state index in [1.54, 1.807) is 0 Å². The van der Waals surface area contributed by atoms with Crippen LogP contribution in [0.15, 0.2) is 18.2 Å². The van der Waals surface area contributed by atoms with Crippen molar-refractivity contribution in [2.24, 2.45) is 5.41 Å². The number of nitrogens with one attached hydrogen (secondary N) is 1. The van der Waals surface area contributed by atoms with E-state index in [0.29, 0.717) is 31.3 Å². The highest BCUT2D eigenvalue weighted by Gasteiger charge is 2.42. The van der Waals surface area contributed by atoms with E-state index >= 15 is 0 Å². The number of amides is 1. The molecule has 0 aliphatic carbocycles. The Hall–Kier alpha value is -1.34. The van der Waals surface area contributed by atoms with Gasteiger partial charge in [-0.25, -0.2) is 4.39 Å². The molecule has 8 heteroatoms. The average molecular weight is 353 g/mol. The first-order valence-corrected chi connectivity index (χ1v) is 7.18. The molecule has 2 fully saturated rings. The van der Waals surface area contributed by atoms with Gasteiger partial charge in [-0.15, -0.1) is 12.4 Å². The maximum atomic E-state index is 13.8. The molecule has 1 N–H and O–H groups in total. The van der Waals surface area contributed by atoms with Gasteiger partial charge in [0.15, 0.2) is 0 Å². The number of nitrogens with zero attached hydrogens (tertiary/aromatic N) is 1. The fourth-order valence-electron chi connectivity index (χ4n) is 3.29. The number of carbonyl (C=O) groups is 1. The lowest BCUT2D eigenvalue weighted by atomic mass is 9.86. The minimum absolute atomic E-state index is 0. The fourth-order valence-corrected chi connectivity index (χ4v) is 3.29. The van der Waals surface area contributed by atoms with Crippen molar-refractivity contribution in [3.63, 3.8) is 0 Å². The molecule has 2 saturated heterocycles. The van der Waals surface area contributed by atoms with Crippen LogP contribution in [-0.2, 0) is 6.18 Å². The predicted molar refractivity (Wildman–Crippen MR) is 79.1 cm³/mol. The van der Waals surface area contributed by atoms with E-state index in [1.165, 1.54) is 4.90 Å². The van der Waals surface area contributed by atoms with Gasteiger partial charge in [0.05, 0.1) is 11.1 Å². The zero-order valence-electron chi connectivity index (χ0n) is 12.3. The summed E-state index contributed by atoms with van der Waals surface area (Å²) in [4.78, 5) is 13.8. The summed E-state index contributed by atoms with van der Waals surface area (Å²) in [7, 11) is 0. The second-order valence-electron chi connectivity index (χ2n) is 6.10. The minimum atomic E-state index is -4.59. The van der Waals surface area contributed by atoms with Gasteiger partial charge in [0.25, 0.3) is 5.91 Å². The van der Waals surface area contributed by atoms with Crippen molar-refractivity contribution in [2.45, 2.75) is 19.0 Å². The van der Waals surface area contributed by atoms with Crippen molar-refractivity contribution in [3.05, 3.63) is 35.1 Å². The molecule has 2 aliphatic heterocycles. The first-order chi connectivity index (χ1) is 10.3. The summed E-state index contributed by atoms with van der Waals surface area (Å²) in [5, 5.41) is 3.23. The second kappa shape index (κ2) is 6.28. The normalized spacial score (nSPS) is 24.1. The molecule has 3 rings (SSSR count). The van der Waals surface area contributed by atoms with Crippen LogP contribution in [0.3, 0.4) is 0 Å². The number of rotatable bonds is 1. The fraction of sp³-hybridized carbons (Fsp3) is 0.533. The first-order valence-electron chi connectivity index (χ1n) is 7.18. The molecule has 2 aliphatic rings. The molecule has 1 aromatic carbocycles. The van der Waals surface area contributed by atoms with E-state index in [2.05, 4.69) is 5.32 Å². The van der Waals surface area contributed by atoms with E-state index < -0.39 is 29.0 Å². The third kappa shape index (κ3) is 3.45. The number of hydrogen-bond donors (Lipinski definition) is 1. The average Bonchev–Trinajstić information content (AvgIpc) is 3.08. The van der Waals surface area contributed by atoms with Gasteiger partial charge in [-0.3, -0.25) is 4.79 Å². The van der Waals surface area contributed by atoms with Crippen LogP contribution in [0.5, 0.6) is 0 Å². The van der Waals surface area contributed by atoms with Crippen LogP contribution in [0.2, 0.25) is 0 Å². The lowest BCUT2D eigenvalue weighted by Gasteiger charge is -2.23. The van der Waals surface area contributed by atoms with Gasteiger partial charge in [0.2, 0.25) is 0 Å². The molecule has 1 spiro atoms. The first kappa shape index (κ1) is 18.0. The van der Waals surface area contributed by atoms with Gasteiger partial charge in [-0.1, -0.05) is 0 Å². The molecule has 1 unspecified atom stereocenters. The van der Waals surface area contributed by atoms with Crippen LogP contribution in [0.1, 0.15) is 28.8 Å². The number of benzene rings is 1. The summed E-state index contributed by atoms with van der Waals surface area (Å²) in [6.07, 6.45) is -2.86. The summed E-state index contributed by atoms with van der Waals surface area (Å²) in [6.45, 7) is 2.59. The third-order valence-corrected chi connectivity index (χ3v) is 4.58. The molecule has 0 bridgehead atoms. The van der Waals surface area contributed by atoms with E-state index in [-0.39, 0.29) is 17.8 Å². The van der Waals surface area contributed by atoms with E-state index in [1.807, 2.05) is 0 Å². The largest absolute Gasteiger partial charge is 0.416 e. The Kier molecular flexibility index (Phi) is 4.92. The summed E-state index contributed by atoms with van der Waals surface area (Å²) in [6, 6.07) is 1.97. The molecule has 2 heterocycles. The highest BCUT2D eigenvalue weighted by molar-refractivity contribution is 5.95. The van der Waals surface area contributed by atoms with Gasteiger partial charge in [0, 0.05) is 25.0 Å². The molecule has 0 saturated carbocycles. The smallest absolute Gasteiger partial charge is 0.338 e. The van der Waals surface area contributed by atoms with Gasteiger partial charge < -0.3 is 10.2 Å². The van der Waals surface area contributed by atoms with Crippen molar-refractivity contribution in [3.8, 4) is 0 Å². The van der Waals surface area contributed by atoms with Crippen LogP contribution in [0.25, 0.3) is 0 Å². The monoisotopic (exact) mass is 352 g/mol. The van der Waals surface area contributed by atoms with Crippen LogP contribution < -0.4 is 5.32 Å². The predicted octanol–water partition coefficient (Wildman–Crippen LogP) is 3.09. The summed E-state index contributed by atoms with van der Waals surface area (Å²) in [5.74, 6) is -1.57. The van der Waals surface area contributed by atoms with Crippen LogP contribution in [-0.4, -0.2) is 37.0 Å². The molecule has 0 radical (unpaired) electrons. The molecular weight excluding hydrogens is 336 g/mol. The Morgan fingerprint density at radius 3 is 2.61 bits per heavy atom. The molecule has 128 valence electrons. The quantitative estimate of drug-likeness (QED) is 0.788. The van der Waals surface area contributed by atoms with E-state index in [9.17, 15) is 22.4 Å². The van der Waals surface area contributed by atoms with Gasteiger partial charge in [0.1, 0.15) is 5.82 Å². The highest BCUT2D eigenvalue weighted by atomic mass is 35.5. The van der Waals surface area contributed by atoms with Crippen molar-refractivity contribution >= 4 is 18.3 Å². The molecule has 3 nitrogen and oxygen atoms in total. The summed E-state index contributed by atoms with van der Waals surface area (Å²) in [5.41, 5.74) is -1.51. The van der Waals surface area contributed by atoms with Crippen molar-refractivity contribution in [1.29, 1.82) is 0 Å². The Balaban J connectivity index is 0.00000192. The Bertz CT molecular complexity index is 600. The topological polar surface area (TPSA) is 32.3 Å². The number of alkyl halides is 3. The van der Waals surface area contributed by atoms with Crippen LogP contribution in [0.4, 0.5) is 17.6 Å². The molecule has 23 heavy (non-hydrogen) atoms. The SMILES string of the molecule is Cl.O=C(c1cc(C(F)(F)F)ccc1F)N1CCC2(CCNC2)C1. The summed E-state index contributed by atoms with van der Waals surface area (Å²) >= 11 is 0. The second-order valence-corrected chi connectivity index (χ2v) is 6.10. The lowest BCUT2D eigenvalue weighted by molar-refractivity contribution is -0.137. The molecular formula is C15H17ClF4N2O. The van der Waals surface area contributed by atoms with E-state index in [4.69, 9.17) is 0 Å². The number of halogens is 5. The van der Waals surface area contributed by atoms with Gasteiger partial charge in [-0.05, 0) is 37.6 Å². The molecule has 1 amide bonds. The number of carbonyl (C=O) groups excluding carboxylic acids is 1.